The molecule has 1 aliphatic rings. The third-order valence-electron chi connectivity index (χ3n) is 5.31. The van der Waals surface area contributed by atoms with E-state index in [9.17, 15) is 9.59 Å². The summed E-state index contributed by atoms with van der Waals surface area (Å²) >= 11 is 8.03. The molecule has 0 unspecified atom stereocenters. The number of amides is 2. The van der Waals surface area contributed by atoms with E-state index in [0.29, 0.717) is 48.2 Å². The van der Waals surface area contributed by atoms with Crippen LogP contribution in [0.2, 0.25) is 5.02 Å². The van der Waals surface area contributed by atoms with Crippen molar-refractivity contribution in [2.45, 2.75) is 20.0 Å². The molecule has 172 valence electrons. The fourth-order valence-corrected chi connectivity index (χ4v) is 4.72. The fraction of sp³-hybridized carbons (Fsp3) is 0.280. The Morgan fingerprint density at radius 1 is 1.03 bits per heavy atom. The van der Waals surface area contributed by atoms with Crippen molar-refractivity contribution in [3.8, 4) is 5.75 Å². The van der Waals surface area contributed by atoms with Crippen LogP contribution in [0.4, 0.5) is 11.4 Å². The fourth-order valence-electron chi connectivity index (χ4n) is 3.73. The number of anilines is 2. The Labute approximate surface area is 202 Å². The molecule has 1 saturated heterocycles. The van der Waals surface area contributed by atoms with Gasteiger partial charge in [-0.1, -0.05) is 23.7 Å². The molecule has 0 spiro atoms. The van der Waals surface area contributed by atoms with Crippen molar-refractivity contribution in [2.75, 3.05) is 36.4 Å². The summed E-state index contributed by atoms with van der Waals surface area (Å²) in [5.74, 6) is 0.508. The third kappa shape index (κ3) is 5.67. The first-order valence-corrected chi connectivity index (χ1v) is 12.1. The van der Waals surface area contributed by atoms with Crippen LogP contribution in [-0.4, -0.2) is 49.0 Å². The van der Waals surface area contributed by atoms with E-state index < -0.39 is 0 Å². The Hall–Kier alpha value is -3.03. The number of halogens is 1. The lowest BCUT2D eigenvalue weighted by molar-refractivity contribution is 0.0751. The maximum Gasteiger partial charge on any atom is 0.264 e. The van der Waals surface area contributed by atoms with Crippen molar-refractivity contribution in [2.24, 2.45) is 0 Å². The number of benzene rings is 2. The van der Waals surface area contributed by atoms with E-state index in [1.54, 1.807) is 24.3 Å². The summed E-state index contributed by atoms with van der Waals surface area (Å²) in [6.07, 6.45) is 0.0327. The van der Waals surface area contributed by atoms with Gasteiger partial charge in [0.05, 0.1) is 21.7 Å². The zero-order valence-corrected chi connectivity index (χ0v) is 20.2. The van der Waals surface area contributed by atoms with Gasteiger partial charge in [0.2, 0.25) is 0 Å². The average Bonchev–Trinajstić information content (AvgIpc) is 3.34. The first kappa shape index (κ1) is 23.1. The van der Waals surface area contributed by atoms with Crippen LogP contribution in [0.3, 0.4) is 0 Å². The largest absolute Gasteiger partial charge is 0.491 e. The van der Waals surface area contributed by atoms with Crippen LogP contribution in [0.1, 0.15) is 33.9 Å². The number of thiophene rings is 1. The Bertz CT molecular complexity index is 1130. The summed E-state index contributed by atoms with van der Waals surface area (Å²) in [5.41, 5.74) is 2.03. The van der Waals surface area contributed by atoms with E-state index >= 15 is 0 Å². The van der Waals surface area contributed by atoms with Gasteiger partial charge in [0.15, 0.2) is 0 Å². The zero-order valence-electron chi connectivity index (χ0n) is 18.6. The molecule has 1 aromatic heterocycles. The maximum atomic E-state index is 12.7. The minimum absolute atomic E-state index is 0.0327. The summed E-state index contributed by atoms with van der Waals surface area (Å²) in [4.78, 5) is 30.1. The number of hydrogen-bond donors (Lipinski definition) is 1. The minimum Gasteiger partial charge on any atom is -0.491 e. The van der Waals surface area contributed by atoms with Crippen molar-refractivity contribution < 1.29 is 14.3 Å². The van der Waals surface area contributed by atoms with Gasteiger partial charge in [-0.3, -0.25) is 9.59 Å². The quantitative estimate of drug-likeness (QED) is 0.509. The number of hydrogen-bond acceptors (Lipinski definition) is 5. The van der Waals surface area contributed by atoms with Gasteiger partial charge in [0, 0.05) is 37.4 Å². The van der Waals surface area contributed by atoms with E-state index in [0.717, 1.165) is 10.6 Å². The number of carbonyl (C=O) groups excluding carboxylic acids is 2. The predicted octanol–water partition coefficient (Wildman–Crippen LogP) is 5.40. The average molecular weight is 484 g/mol. The van der Waals surface area contributed by atoms with Crippen LogP contribution in [0.5, 0.6) is 5.75 Å². The van der Waals surface area contributed by atoms with Gasteiger partial charge in [-0.05, 0) is 61.7 Å². The van der Waals surface area contributed by atoms with Crippen LogP contribution in [-0.2, 0) is 0 Å². The number of nitrogens with one attached hydrogen (secondary N) is 1. The SMILES string of the molecule is CC(C)Oc1cccc(C(=O)Nc2ccc(N3CCN(C(=O)c4cccs4)CC3)c(Cl)c2)c1. The molecular formula is C25H26ClN3O3S. The Balaban J connectivity index is 1.37. The molecule has 4 rings (SSSR count). The number of nitrogens with zero attached hydrogens (tertiary/aromatic N) is 2. The number of carbonyl (C=O) groups is 2. The van der Waals surface area contributed by atoms with Gasteiger partial charge in [0.1, 0.15) is 5.75 Å². The van der Waals surface area contributed by atoms with Crippen LogP contribution >= 0.6 is 22.9 Å². The maximum absolute atomic E-state index is 12.7. The number of piperazine rings is 1. The van der Waals surface area contributed by atoms with Gasteiger partial charge in [-0.15, -0.1) is 11.3 Å². The Kier molecular flexibility index (Phi) is 7.20. The highest BCUT2D eigenvalue weighted by atomic mass is 35.5. The van der Waals surface area contributed by atoms with Gasteiger partial charge in [-0.2, -0.15) is 0 Å². The molecule has 2 heterocycles. The molecule has 1 aliphatic heterocycles. The van der Waals surface area contributed by atoms with E-state index in [4.69, 9.17) is 16.3 Å². The van der Waals surface area contributed by atoms with E-state index in [-0.39, 0.29) is 17.9 Å². The molecule has 33 heavy (non-hydrogen) atoms. The highest BCUT2D eigenvalue weighted by Gasteiger charge is 2.24. The molecule has 8 heteroatoms. The lowest BCUT2D eigenvalue weighted by Gasteiger charge is -2.36. The number of rotatable bonds is 6. The molecule has 0 saturated carbocycles. The number of ether oxygens (including phenoxy) is 1. The van der Waals surface area contributed by atoms with Gasteiger partial charge >= 0.3 is 0 Å². The highest BCUT2D eigenvalue weighted by Crippen LogP contribution is 2.30. The minimum atomic E-state index is -0.228. The third-order valence-corrected chi connectivity index (χ3v) is 6.47. The lowest BCUT2D eigenvalue weighted by Crippen LogP contribution is -2.48. The molecule has 2 amide bonds. The second kappa shape index (κ2) is 10.3. The van der Waals surface area contributed by atoms with Crippen molar-refractivity contribution in [3.05, 3.63) is 75.4 Å². The molecule has 1 fully saturated rings. The van der Waals surface area contributed by atoms with E-state index in [1.165, 1.54) is 11.3 Å². The summed E-state index contributed by atoms with van der Waals surface area (Å²) < 4.78 is 5.67. The summed E-state index contributed by atoms with van der Waals surface area (Å²) in [6, 6.07) is 16.4. The lowest BCUT2D eigenvalue weighted by atomic mass is 10.2. The van der Waals surface area contributed by atoms with Gasteiger partial charge in [0.25, 0.3) is 11.8 Å². The molecule has 1 N–H and O–H groups in total. The first-order chi connectivity index (χ1) is 15.9. The topological polar surface area (TPSA) is 61.9 Å². The summed E-state index contributed by atoms with van der Waals surface area (Å²) in [5, 5.41) is 5.37. The van der Waals surface area contributed by atoms with Crippen molar-refractivity contribution in [1.29, 1.82) is 0 Å². The first-order valence-electron chi connectivity index (χ1n) is 10.9. The van der Waals surface area contributed by atoms with Crippen molar-refractivity contribution in [1.82, 2.24) is 4.90 Å². The van der Waals surface area contributed by atoms with E-state index in [1.807, 2.05) is 54.5 Å². The Morgan fingerprint density at radius 3 is 2.48 bits per heavy atom. The molecule has 0 atom stereocenters. The molecule has 6 nitrogen and oxygen atoms in total. The molecule has 0 aliphatic carbocycles. The molecule has 3 aromatic rings. The molecular weight excluding hydrogens is 458 g/mol. The van der Waals surface area contributed by atoms with Crippen LogP contribution in [0, 0.1) is 0 Å². The molecule has 2 aromatic carbocycles. The van der Waals surface area contributed by atoms with Crippen LogP contribution in [0.25, 0.3) is 0 Å². The van der Waals surface area contributed by atoms with Gasteiger partial charge < -0.3 is 19.9 Å². The van der Waals surface area contributed by atoms with Crippen molar-refractivity contribution in [3.63, 3.8) is 0 Å². The normalized spacial score (nSPS) is 13.8. The smallest absolute Gasteiger partial charge is 0.264 e. The van der Waals surface area contributed by atoms with Crippen LogP contribution in [0.15, 0.2) is 60.0 Å². The van der Waals surface area contributed by atoms with Crippen LogP contribution < -0.4 is 15.0 Å². The Morgan fingerprint density at radius 2 is 1.82 bits per heavy atom. The zero-order chi connectivity index (χ0) is 23.4. The second-order valence-corrected chi connectivity index (χ2v) is 9.43. The molecule has 0 radical (unpaired) electrons. The standard InChI is InChI=1S/C25H26ClN3O3S/c1-17(2)32-20-6-3-5-18(15-20)24(30)27-19-8-9-22(21(26)16-19)28-10-12-29(13-11-28)25(31)23-7-4-14-33-23/h3-9,14-17H,10-13H2,1-2H3,(H,27,30). The second-order valence-electron chi connectivity index (χ2n) is 8.07. The highest BCUT2D eigenvalue weighted by molar-refractivity contribution is 7.12. The monoisotopic (exact) mass is 483 g/mol. The molecule has 0 bridgehead atoms. The van der Waals surface area contributed by atoms with Crippen molar-refractivity contribution >= 4 is 46.1 Å². The predicted molar refractivity (Wildman–Crippen MR) is 134 cm³/mol. The summed E-state index contributed by atoms with van der Waals surface area (Å²) in [7, 11) is 0. The van der Waals surface area contributed by atoms with E-state index in [2.05, 4.69) is 10.2 Å². The van der Waals surface area contributed by atoms with Gasteiger partial charge in [-0.25, -0.2) is 0 Å². The summed E-state index contributed by atoms with van der Waals surface area (Å²) in [6.45, 7) is 6.56.